The first-order chi connectivity index (χ1) is 11.1. The van der Waals surface area contributed by atoms with Gasteiger partial charge in [0.25, 0.3) is 0 Å². The Balaban J connectivity index is 1.53. The number of allylic oxidation sites excluding steroid dienone is 2. The standard InChI is InChI=1S/C17H19NO5/c19-16(12-3-1-2-4-13(12)17(20)21)18-8-7-11-5-6-14-15(9-11)23-10-22-14/h1-2,5-6,9,12-13H,3-4,7-8,10H2,(H,18,19)(H,20,21)/t12-,13+/m1/s1. The summed E-state index contributed by atoms with van der Waals surface area (Å²) in [5.41, 5.74) is 1.04. The van der Waals surface area contributed by atoms with Crippen molar-refractivity contribution in [3.05, 3.63) is 35.9 Å². The molecule has 0 saturated carbocycles. The third-order valence-electron chi connectivity index (χ3n) is 4.24. The van der Waals surface area contributed by atoms with Crippen LogP contribution in [-0.2, 0) is 16.0 Å². The molecule has 1 aliphatic heterocycles. The van der Waals surface area contributed by atoms with Gasteiger partial charge in [-0.05, 0) is 37.0 Å². The molecule has 0 radical (unpaired) electrons. The fourth-order valence-corrected chi connectivity index (χ4v) is 2.93. The van der Waals surface area contributed by atoms with Gasteiger partial charge in [0.2, 0.25) is 12.7 Å². The van der Waals surface area contributed by atoms with Gasteiger partial charge in [-0.1, -0.05) is 18.2 Å². The number of carboxylic acid groups (broad SMARTS) is 1. The quantitative estimate of drug-likeness (QED) is 0.808. The van der Waals surface area contributed by atoms with E-state index >= 15 is 0 Å². The third kappa shape index (κ3) is 3.47. The van der Waals surface area contributed by atoms with Crippen LogP contribution in [-0.4, -0.2) is 30.3 Å². The number of carbonyl (C=O) groups excluding carboxylic acids is 1. The highest BCUT2D eigenvalue weighted by atomic mass is 16.7. The highest BCUT2D eigenvalue weighted by molar-refractivity contribution is 5.85. The highest BCUT2D eigenvalue weighted by Gasteiger charge is 2.33. The molecule has 2 aliphatic rings. The summed E-state index contributed by atoms with van der Waals surface area (Å²) in [5, 5.41) is 12.1. The average Bonchev–Trinajstić information content (AvgIpc) is 3.02. The van der Waals surface area contributed by atoms with Gasteiger partial charge in [0.1, 0.15) is 0 Å². The lowest BCUT2D eigenvalue weighted by Gasteiger charge is -2.24. The molecule has 1 aromatic rings. The molecule has 0 spiro atoms. The minimum absolute atomic E-state index is 0.192. The Hall–Kier alpha value is -2.50. The molecule has 1 amide bonds. The number of carbonyl (C=O) groups is 2. The Kier molecular flexibility index (Phi) is 4.50. The van der Waals surface area contributed by atoms with E-state index in [1.807, 2.05) is 30.4 Å². The minimum Gasteiger partial charge on any atom is -0.481 e. The smallest absolute Gasteiger partial charge is 0.307 e. The number of amides is 1. The number of benzene rings is 1. The van der Waals surface area contributed by atoms with Crippen molar-refractivity contribution in [3.63, 3.8) is 0 Å². The van der Waals surface area contributed by atoms with E-state index in [1.54, 1.807) is 0 Å². The lowest BCUT2D eigenvalue weighted by molar-refractivity contribution is -0.147. The van der Waals surface area contributed by atoms with Crippen LogP contribution >= 0.6 is 0 Å². The van der Waals surface area contributed by atoms with E-state index in [-0.39, 0.29) is 12.7 Å². The number of hydrogen-bond donors (Lipinski definition) is 2. The van der Waals surface area contributed by atoms with Crippen LogP contribution in [0, 0.1) is 11.8 Å². The van der Waals surface area contributed by atoms with Crippen molar-refractivity contribution in [1.82, 2.24) is 5.32 Å². The van der Waals surface area contributed by atoms with Crippen LogP contribution < -0.4 is 14.8 Å². The van der Waals surface area contributed by atoms with E-state index in [9.17, 15) is 14.7 Å². The molecule has 3 rings (SSSR count). The zero-order valence-corrected chi connectivity index (χ0v) is 12.7. The van der Waals surface area contributed by atoms with E-state index in [4.69, 9.17) is 9.47 Å². The zero-order chi connectivity index (χ0) is 16.2. The Morgan fingerprint density at radius 2 is 1.87 bits per heavy atom. The van der Waals surface area contributed by atoms with Crippen LogP contribution in [0.15, 0.2) is 30.4 Å². The van der Waals surface area contributed by atoms with Gasteiger partial charge in [0.15, 0.2) is 11.5 Å². The number of nitrogens with one attached hydrogen (secondary N) is 1. The fourth-order valence-electron chi connectivity index (χ4n) is 2.93. The summed E-state index contributed by atoms with van der Waals surface area (Å²) in [5.74, 6) is -0.777. The number of rotatable bonds is 5. The maximum Gasteiger partial charge on any atom is 0.307 e. The van der Waals surface area contributed by atoms with Crippen molar-refractivity contribution in [3.8, 4) is 11.5 Å². The molecular weight excluding hydrogens is 298 g/mol. The number of fused-ring (bicyclic) bond motifs is 1. The monoisotopic (exact) mass is 317 g/mol. The van der Waals surface area contributed by atoms with Crippen molar-refractivity contribution >= 4 is 11.9 Å². The van der Waals surface area contributed by atoms with Crippen LogP contribution in [0.4, 0.5) is 0 Å². The SMILES string of the molecule is O=C(O)[C@H]1CC=CC[C@H]1C(=O)NCCc1ccc2c(c1)OCO2. The van der Waals surface area contributed by atoms with Gasteiger partial charge in [0, 0.05) is 6.54 Å². The zero-order valence-electron chi connectivity index (χ0n) is 12.7. The molecule has 2 atom stereocenters. The van der Waals surface area contributed by atoms with Gasteiger partial charge in [-0.15, -0.1) is 0 Å². The van der Waals surface area contributed by atoms with E-state index in [2.05, 4.69) is 5.32 Å². The lowest BCUT2D eigenvalue weighted by Crippen LogP contribution is -2.39. The first-order valence-corrected chi connectivity index (χ1v) is 7.69. The van der Waals surface area contributed by atoms with Crippen LogP contribution in [0.3, 0.4) is 0 Å². The molecule has 0 fully saturated rings. The molecule has 1 aliphatic carbocycles. The second kappa shape index (κ2) is 6.73. The molecule has 0 bridgehead atoms. The summed E-state index contributed by atoms with van der Waals surface area (Å²) in [4.78, 5) is 23.5. The molecule has 6 nitrogen and oxygen atoms in total. The van der Waals surface area contributed by atoms with Crippen LogP contribution in [0.25, 0.3) is 0 Å². The minimum atomic E-state index is -0.912. The highest BCUT2D eigenvalue weighted by Crippen LogP contribution is 2.32. The number of carboxylic acids is 1. The molecule has 1 aromatic carbocycles. The molecule has 1 heterocycles. The largest absolute Gasteiger partial charge is 0.481 e. The van der Waals surface area contributed by atoms with Gasteiger partial charge in [-0.25, -0.2) is 0 Å². The topological polar surface area (TPSA) is 84.9 Å². The molecule has 6 heteroatoms. The molecule has 23 heavy (non-hydrogen) atoms. The lowest BCUT2D eigenvalue weighted by atomic mass is 9.82. The maximum atomic E-state index is 12.2. The van der Waals surface area contributed by atoms with E-state index in [0.29, 0.717) is 25.8 Å². The second-order valence-electron chi connectivity index (χ2n) is 5.72. The van der Waals surface area contributed by atoms with Crippen LogP contribution in [0.5, 0.6) is 11.5 Å². The predicted octanol–water partition coefficient (Wildman–Crippen LogP) is 1.74. The fraction of sp³-hybridized carbons (Fsp3) is 0.412. The Morgan fingerprint density at radius 3 is 2.65 bits per heavy atom. The van der Waals surface area contributed by atoms with Crippen LogP contribution in [0.2, 0.25) is 0 Å². The van der Waals surface area contributed by atoms with Gasteiger partial charge < -0.3 is 19.9 Å². The molecule has 0 saturated heterocycles. The van der Waals surface area contributed by atoms with Gasteiger partial charge in [-0.2, -0.15) is 0 Å². The molecule has 0 aromatic heterocycles. The summed E-state index contributed by atoms with van der Waals surface area (Å²) in [6, 6.07) is 5.69. The average molecular weight is 317 g/mol. The summed E-state index contributed by atoms with van der Waals surface area (Å²) in [6.07, 6.45) is 5.25. The van der Waals surface area contributed by atoms with Crippen molar-refractivity contribution in [2.24, 2.45) is 11.8 Å². The van der Waals surface area contributed by atoms with Crippen molar-refractivity contribution < 1.29 is 24.2 Å². The molecule has 122 valence electrons. The Morgan fingerprint density at radius 1 is 1.13 bits per heavy atom. The summed E-state index contributed by atoms with van der Waals surface area (Å²) < 4.78 is 10.6. The van der Waals surface area contributed by atoms with Crippen LogP contribution in [0.1, 0.15) is 18.4 Å². The molecule has 0 unspecified atom stereocenters. The summed E-state index contributed by atoms with van der Waals surface area (Å²) >= 11 is 0. The third-order valence-corrected chi connectivity index (χ3v) is 4.24. The first kappa shape index (κ1) is 15.4. The van der Waals surface area contributed by atoms with Crippen molar-refractivity contribution in [2.45, 2.75) is 19.3 Å². The predicted molar refractivity (Wildman–Crippen MR) is 82.3 cm³/mol. The normalized spacial score (nSPS) is 21.9. The van der Waals surface area contributed by atoms with Crippen molar-refractivity contribution in [2.75, 3.05) is 13.3 Å². The first-order valence-electron chi connectivity index (χ1n) is 7.69. The van der Waals surface area contributed by atoms with Gasteiger partial charge in [-0.3, -0.25) is 9.59 Å². The van der Waals surface area contributed by atoms with E-state index in [0.717, 1.165) is 17.1 Å². The number of ether oxygens (including phenoxy) is 2. The van der Waals surface area contributed by atoms with Gasteiger partial charge in [0.05, 0.1) is 11.8 Å². The second-order valence-corrected chi connectivity index (χ2v) is 5.72. The Labute approximate surface area is 134 Å². The summed E-state index contributed by atoms with van der Waals surface area (Å²) in [6.45, 7) is 0.701. The number of hydrogen-bond acceptors (Lipinski definition) is 4. The van der Waals surface area contributed by atoms with E-state index < -0.39 is 17.8 Å². The van der Waals surface area contributed by atoms with E-state index in [1.165, 1.54) is 0 Å². The summed E-state index contributed by atoms with van der Waals surface area (Å²) in [7, 11) is 0. The molecule has 2 N–H and O–H groups in total. The maximum absolute atomic E-state index is 12.2. The van der Waals surface area contributed by atoms with Gasteiger partial charge >= 0.3 is 5.97 Å². The Bertz CT molecular complexity index is 640. The number of aliphatic carboxylic acids is 1. The molecular formula is C17H19NO5. The van der Waals surface area contributed by atoms with Crippen molar-refractivity contribution in [1.29, 1.82) is 0 Å².